The molecule has 7 heteroatoms. The zero-order chi connectivity index (χ0) is 22.3. The highest BCUT2D eigenvalue weighted by Crippen LogP contribution is 2.36. The van der Waals surface area contributed by atoms with E-state index in [0.717, 1.165) is 40.1 Å². The van der Waals surface area contributed by atoms with Crippen LogP contribution >= 0.6 is 0 Å². The fraction of sp³-hybridized carbons (Fsp3) is 0.280. The minimum Gasteiger partial charge on any atom is -0.373 e. The van der Waals surface area contributed by atoms with Crippen LogP contribution in [0.25, 0.3) is 11.3 Å². The molecule has 6 nitrogen and oxygen atoms in total. The Labute approximate surface area is 188 Å². The minimum atomic E-state index is -3.67. The van der Waals surface area contributed by atoms with Gasteiger partial charge >= 0.3 is 0 Å². The molecule has 0 aliphatic carbocycles. The van der Waals surface area contributed by atoms with Gasteiger partial charge in [-0.2, -0.15) is 9.57 Å². The summed E-state index contributed by atoms with van der Waals surface area (Å²) in [6, 6.07) is 18.3. The molecule has 1 aromatic heterocycles. The molecule has 0 bridgehead atoms. The van der Waals surface area contributed by atoms with Crippen LogP contribution in [0.4, 0.5) is 0 Å². The van der Waals surface area contributed by atoms with E-state index >= 15 is 0 Å². The van der Waals surface area contributed by atoms with E-state index in [0.29, 0.717) is 25.1 Å². The van der Waals surface area contributed by atoms with Crippen LogP contribution < -0.4 is 0 Å². The largest absolute Gasteiger partial charge is 0.373 e. The maximum atomic E-state index is 13.3. The van der Waals surface area contributed by atoms with Crippen LogP contribution in [0.3, 0.4) is 0 Å². The van der Waals surface area contributed by atoms with Gasteiger partial charge in [-0.3, -0.25) is 4.98 Å². The Morgan fingerprint density at radius 3 is 2.53 bits per heavy atom. The van der Waals surface area contributed by atoms with E-state index in [-0.39, 0.29) is 17.5 Å². The summed E-state index contributed by atoms with van der Waals surface area (Å²) in [6.45, 7) is 3.16. The lowest BCUT2D eigenvalue weighted by molar-refractivity contribution is 0.0400. The van der Waals surface area contributed by atoms with Crippen LogP contribution in [0.1, 0.15) is 34.9 Å². The van der Waals surface area contributed by atoms with Crippen LogP contribution in [-0.4, -0.2) is 30.4 Å². The van der Waals surface area contributed by atoms with Crippen molar-refractivity contribution in [3.8, 4) is 17.3 Å². The summed E-state index contributed by atoms with van der Waals surface area (Å²) < 4.78 is 34.1. The van der Waals surface area contributed by atoms with Crippen LogP contribution in [0.15, 0.2) is 59.5 Å². The molecule has 5 rings (SSSR count). The van der Waals surface area contributed by atoms with Crippen molar-refractivity contribution in [2.75, 3.05) is 6.54 Å². The summed E-state index contributed by atoms with van der Waals surface area (Å²) >= 11 is 0. The Morgan fingerprint density at radius 2 is 1.81 bits per heavy atom. The lowest BCUT2D eigenvalue weighted by atomic mass is 9.89. The first-order chi connectivity index (χ1) is 15.5. The molecule has 3 aromatic rings. The highest BCUT2D eigenvalue weighted by molar-refractivity contribution is 7.89. The number of aromatic nitrogens is 1. The number of fused-ring (bicyclic) bond motifs is 3. The van der Waals surface area contributed by atoms with Gasteiger partial charge in [-0.1, -0.05) is 30.3 Å². The number of sulfonamides is 1. The number of ether oxygens (including phenoxy) is 1. The van der Waals surface area contributed by atoms with Crippen molar-refractivity contribution >= 4 is 10.0 Å². The first-order valence-corrected chi connectivity index (χ1v) is 12.1. The number of hydrogen-bond donors (Lipinski definition) is 0. The molecule has 32 heavy (non-hydrogen) atoms. The first kappa shape index (κ1) is 20.8. The zero-order valence-electron chi connectivity index (χ0n) is 17.8. The molecular weight excluding hydrogens is 422 g/mol. The topological polar surface area (TPSA) is 83.3 Å². The van der Waals surface area contributed by atoms with Gasteiger partial charge in [0.05, 0.1) is 34.9 Å². The summed E-state index contributed by atoms with van der Waals surface area (Å²) in [5, 5.41) is 9.00. The van der Waals surface area contributed by atoms with E-state index in [1.165, 1.54) is 28.6 Å². The molecule has 2 aliphatic rings. The SMILES string of the molecule is C[C@H]1Cc2c(-c3ccccc3)nc3c(c2CO1)CN(S(=O)(=O)c1ccc(C#N)cc1)CC3. The van der Waals surface area contributed by atoms with Gasteiger partial charge in [0.1, 0.15) is 0 Å². The molecule has 0 saturated carbocycles. The predicted molar refractivity (Wildman–Crippen MR) is 120 cm³/mol. The van der Waals surface area contributed by atoms with Gasteiger partial charge in [-0.25, -0.2) is 8.42 Å². The third-order valence-electron chi connectivity index (χ3n) is 6.21. The van der Waals surface area contributed by atoms with Crippen molar-refractivity contribution in [3.63, 3.8) is 0 Å². The molecule has 0 N–H and O–H groups in total. The molecule has 0 amide bonds. The first-order valence-electron chi connectivity index (χ1n) is 10.7. The van der Waals surface area contributed by atoms with Crippen molar-refractivity contribution < 1.29 is 13.2 Å². The third kappa shape index (κ3) is 3.61. The molecule has 0 unspecified atom stereocenters. The van der Waals surface area contributed by atoms with E-state index in [1.807, 2.05) is 24.3 Å². The molecule has 0 fully saturated rings. The van der Waals surface area contributed by atoms with E-state index < -0.39 is 10.0 Å². The summed E-state index contributed by atoms with van der Waals surface area (Å²) in [5.41, 5.74) is 6.65. The predicted octanol–water partition coefficient (Wildman–Crippen LogP) is 3.83. The van der Waals surface area contributed by atoms with Gasteiger partial charge in [-0.15, -0.1) is 0 Å². The van der Waals surface area contributed by atoms with Gasteiger partial charge in [0.15, 0.2) is 0 Å². The highest BCUT2D eigenvalue weighted by Gasteiger charge is 2.33. The van der Waals surface area contributed by atoms with Crippen LogP contribution in [0.5, 0.6) is 0 Å². The van der Waals surface area contributed by atoms with Gasteiger partial charge in [0.2, 0.25) is 10.0 Å². The minimum absolute atomic E-state index is 0.0897. The van der Waals surface area contributed by atoms with Crippen molar-refractivity contribution in [1.82, 2.24) is 9.29 Å². The van der Waals surface area contributed by atoms with E-state index in [2.05, 4.69) is 19.1 Å². The maximum Gasteiger partial charge on any atom is 0.243 e. The molecule has 162 valence electrons. The van der Waals surface area contributed by atoms with Crippen molar-refractivity contribution in [2.24, 2.45) is 0 Å². The number of hydrogen-bond acceptors (Lipinski definition) is 5. The fourth-order valence-corrected chi connectivity index (χ4v) is 5.91. The highest BCUT2D eigenvalue weighted by atomic mass is 32.2. The van der Waals surface area contributed by atoms with Gasteiger partial charge in [0.25, 0.3) is 0 Å². The molecule has 2 aromatic carbocycles. The normalized spacial score (nSPS) is 18.4. The second kappa shape index (κ2) is 8.14. The zero-order valence-corrected chi connectivity index (χ0v) is 18.6. The number of benzene rings is 2. The monoisotopic (exact) mass is 445 g/mol. The summed E-state index contributed by atoms with van der Waals surface area (Å²) in [7, 11) is -3.67. The number of pyridine rings is 1. The second-order valence-corrected chi connectivity index (χ2v) is 10.2. The lowest BCUT2D eigenvalue weighted by Crippen LogP contribution is -2.38. The number of nitrogens with zero attached hydrogens (tertiary/aromatic N) is 3. The van der Waals surface area contributed by atoms with E-state index in [1.54, 1.807) is 0 Å². The molecule has 0 radical (unpaired) electrons. The molecule has 1 atom stereocenters. The van der Waals surface area contributed by atoms with Gasteiger partial charge in [0, 0.05) is 37.2 Å². The van der Waals surface area contributed by atoms with Crippen LogP contribution in [-0.2, 0) is 40.8 Å². The van der Waals surface area contributed by atoms with E-state index in [9.17, 15) is 8.42 Å². The maximum absolute atomic E-state index is 13.3. The van der Waals surface area contributed by atoms with E-state index in [4.69, 9.17) is 15.0 Å². The van der Waals surface area contributed by atoms with Crippen molar-refractivity contribution in [2.45, 2.75) is 43.9 Å². The Hall–Kier alpha value is -3.05. The average Bonchev–Trinajstić information content (AvgIpc) is 2.83. The molecule has 2 aliphatic heterocycles. The number of rotatable bonds is 3. The Balaban J connectivity index is 1.56. The Bertz CT molecular complexity index is 1310. The van der Waals surface area contributed by atoms with Crippen molar-refractivity contribution in [1.29, 1.82) is 5.26 Å². The van der Waals surface area contributed by atoms with Crippen molar-refractivity contribution in [3.05, 3.63) is 82.5 Å². The standard InChI is InChI=1S/C25H23N3O3S/c1-17-13-21-23(16-31-17)22-15-28(32(29,30)20-9-7-18(14-26)8-10-20)12-11-24(22)27-25(21)19-5-3-2-4-6-19/h2-10,17H,11-13,15-16H2,1H3/t17-/m0/s1. The summed E-state index contributed by atoms with van der Waals surface area (Å²) in [4.78, 5) is 5.23. The smallest absolute Gasteiger partial charge is 0.243 e. The molecule has 3 heterocycles. The molecular formula is C25H23N3O3S. The van der Waals surface area contributed by atoms with Crippen LogP contribution in [0.2, 0.25) is 0 Å². The summed E-state index contributed by atoms with van der Waals surface area (Å²) in [6.07, 6.45) is 1.39. The third-order valence-corrected chi connectivity index (χ3v) is 8.07. The number of nitriles is 1. The Kier molecular flexibility index (Phi) is 5.30. The molecule has 0 saturated heterocycles. The van der Waals surface area contributed by atoms with Crippen LogP contribution in [0, 0.1) is 11.3 Å². The fourth-order valence-electron chi connectivity index (χ4n) is 4.51. The lowest BCUT2D eigenvalue weighted by Gasteiger charge is -2.33. The quantitative estimate of drug-likeness (QED) is 0.612. The molecule has 0 spiro atoms. The average molecular weight is 446 g/mol. The van der Waals surface area contributed by atoms with Gasteiger partial charge < -0.3 is 4.74 Å². The summed E-state index contributed by atoms with van der Waals surface area (Å²) in [5.74, 6) is 0. The Morgan fingerprint density at radius 1 is 1.06 bits per heavy atom. The second-order valence-electron chi connectivity index (χ2n) is 8.26. The van der Waals surface area contributed by atoms with Gasteiger partial charge in [-0.05, 0) is 47.9 Å².